The molecule has 1 atom stereocenters. The van der Waals surface area contributed by atoms with E-state index in [0.717, 1.165) is 11.3 Å². The molecule has 1 aromatic rings. The molecule has 90 valence electrons. The van der Waals surface area contributed by atoms with Crippen LogP contribution in [0.15, 0.2) is 24.3 Å². The molecule has 1 heterocycles. The van der Waals surface area contributed by atoms with Crippen LogP contribution >= 0.6 is 0 Å². The summed E-state index contributed by atoms with van der Waals surface area (Å²) in [5, 5.41) is 9.02. The first kappa shape index (κ1) is 11.6. The zero-order valence-corrected chi connectivity index (χ0v) is 9.72. The lowest BCUT2D eigenvalue weighted by molar-refractivity contribution is -0.142. The van der Waals surface area contributed by atoms with E-state index in [1.165, 1.54) is 0 Å². The summed E-state index contributed by atoms with van der Waals surface area (Å²) in [6.45, 7) is 2.20. The van der Waals surface area contributed by atoms with Gasteiger partial charge in [-0.2, -0.15) is 0 Å². The van der Waals surface area contributed by atoms with Gasteiger partial charge in [-0.1, -0.05) is 18.2 Å². The van der Waals surface area contributed by atoms with Crippen LogP contribution in [-0.2, 0) is 9.59 Å². The number of carbonyl (C=O) groups is 2. The van der Waals surface area contributed by atoms with Crippen LogP contribution in [0.5, 0.6) is 0 Å². The third kappa shape index (κ3) is 2.30. The molecule has 0 radical (unpaired) electrons. The average molecular weight is 233 g/mol. The van der Waals surface area contributed by atoms with E-state index in [4.69, 9.17) is 5.11 Å². The number of aliphatic carboxylic acids is 1. The Kier molecular flexibility index (Phi) is 3.13. The molecule has 0 bridgehead atoms. The predicted octanol–water partition coefficient (Wildman–Crippen LogP) is 1.82. The Hall–Kier alpha value is -1.84. The number of amides is 1. The predicted molar refractivity (Wildman–Crippen MR) is 63.9 cm³/mol. The minimum atomic E-state index is -0.823. The van der Waals surface area contributed by atoms with Crippen molar-refractivity contribution in [3.8, 4) is 0 Å². The molecule has 2 rings (SSSR count). The first-order valence-corrected chi connectivity index (χ1v) is 5.68. The van der Waals surface area contributed by atoms with E-state index in [9.17, 15) is 9.59 Å². The van der Waals surface area contributed by atoms with Gasteiger partial charge in [0.2, 0.25) is 5.91 Å². The van der Waals surface area contributed by atoms with Crippen molar-refractivity contribution in [2.45, 2.75) is 19.8 Å². The van der Waals surface area contributed by atoms with Gasteiger partial charge >= 0.3 is 5.97 Å². The van der Waals surface area contributed by atoms with Crippen LogP contribution in [-0.4, -0.2) is 23.5 Å². The summed E-state index contributed by atoms with van der Waals surface area (Å²) in [7, 11) is 0. The molecule has 1 fully saturated rings. The third-order valence-electron chi connectivity index (χ3n) is 3.17. The maximum atomic E-state index is 11.8. The molecular formula is C13H15NO3. The fraction of sp³-hybridized carbons (Fsp3) is 0.385. The Morgan fingerprint density at radius 3 is 2.76 bits per heavy atom. The van der Waals surface area contributed by atoms with E-state index < -0.39 is 11.9 Å². The van der Waals surface area contributed by atoms with Gasteiger partial charge in [-0.25, -0.2) is 0 Å². The lowest BCUT2D eigenvalue weighted by Gasteiger charge is -2.31. The second-order valence-corrected chi connectivity index (χ2v) is 4.36. The van der Waals surface area contributed by atoms with Crippen molar-refractivity contribution in [2.75, 3.05) is 11.4 Å². The van der Waals surface area contributed by atoms with Gasteiger partial charge < -0.3 is 10.0 Å². The van der Waals surface area contributed by atoms with Crippen LogP contribution in [0, 0.1) is 12.8 Å². The number of nitrogens with zero attached hydrogens (tertiary/aromatic N) is 1. The summed E-state index contributed by atoms with van der Waals surface area (Å²) in [5.41, 5.74) is 1.82. The zero-order valence-electron chi connectivity index (χ0n) is 9.72. The average Bonchev–Trinajstić information content (AvgIpc) is 2.30. The number of benzene rings is 1. The quantitative estimate of drug-likeness (QED) is 0.847. The van der Waals surface area contributed by atoms with Crippen molar-refractivity contribution < 1.29 is 14.7 Å². The molecule has 1 amide bonds. The monoisotopic (exact) mass is 233 g/mol. The second-order valence-electron chi connectivity index (χ2n) is 4.36. The summed E-state index contributed by atoms with van der Waals surface area (Å²) >= 11 is 0. The van der Waals surface area contributed by atoms with Crippen molar-refractivity contribution >= 4 is 17.6 Å². The van der Waals surface area contributed by atoms with E-state index >= 15 is 0 Å². The molecule has 4 nitrogen and oxygen atoms in total. The van der Waals surface area contributed by atoms with Gasteiger partial charge in [0.25, 0.3) is 0 Å². The fourth-order valence-electron chi connectivity index (χ4n) is 2.15. The molecule has 0 aliphatic carbocycles. The van der Waals surface area contributed by atoms with E-state index in [1.54, 1.807) is 4.90 Å². The summed E-state index contributed by atoms with van der Waals surface area (Å²) in [6, 6.07) is 7.55. The molecule has 17 heavy (non-hydrogen) atoms. The molecular weight excluding hydrogens is 218 g/mol. The standard InChI is InChI=1S/C13H15NO3/c1-9-4-2-3-5-11(9)14-8-10(13(16)17)6-7-12(14)15/h2-5,10H,6-8H2,1H3,(H,16,17). The van der Waals surface area contributed by atoms with Gasteiger partial charge in [-0.05, 0) is 25.0 Å². The summed E-state index contributed by atoms with van der Waals surface area (Å²) < 4.78 is 0. The highest BCUT2D eigenvalue weighted by molar-refractivity contribution is 5.96. The minimum Gasteiger partial charge on any atom is -0.481 e. The largest absolute Gasteiger partial charge is 0.481 e. The fourth-order valence-corrected chi connectivity index (χ4v) is 2.15. The minimum absolute atomic E-state index is 0.0109. The highest BCUT2D eigenvalue weighted by Gasteiger charge is 2.31. The topological polar surface area (TPSA) is 57.6 Å². The Balaban J connectivity index is 2.27. The van der Waals surface area contributed by atoms with Crippen molar-refractivity contribution in [2.24, 2.45) is 5.92 Å². The number of para-hydroxylation sites is 1. The van der Waals surface area contributed by atoms with Gasteiger partial charge in [0.1, 0.15) is 0 Å². The molecule has 1 aromatic carbocycles. The maximum absolute atomic E-state index is 11.8. The summed E-state index contributed by atoms with van der Waals surface area (Å²) in [4.78, 5) is 24.4. The van der Waals surface area contributed by atoms with E-state index in [2.05, 4.69) is 0 Å². The Morgan fingerprint density at radius 1 is 1.41 bits per heavy atom. The number of rotatable bonds is 2. The zero-order chi connectivity index (χ0) is 12.4. The van der Waals surface area contributed by atoms with Gasteiger partial charge in [0, 0.05) is 18.7 Å². The van der Waals surface area contributed by atoms with Crippen molar-refractivity contribution in [3.63, 3.8) is 0 Å². The van der Waals surface area contributed by atoms with Crippen molar-refractivity contribution in [3.05, 3.63) is 29.8 Å². The van der Waals surface area contributed by atoms with Crippen LogP contribution in [0.4, 0.5) is 5.69 Å². The first-order valence-electron chi connectivity index (χ1n) is 5.68. The number of carboxylic acids is 1. The molecule has 0 saturated carbocycles. The van der Waals surface area contributed by atoms with Crippen molar-refractivity contribution in [1.82, 2.24) is 0 Å². The molecule has 0 spiro atoms. The van der Waals surface area contributed by atoms with Crippen LogP contribution in [0.2, 0.25) is 0 Å². The number of hydrogen-bond donors (Lipinski definition) is 1. The molecule has 1 aliphatic rings. The summed E-state index contributed by atoms with van der Waals surface area (Å²) in [5.74, 6) is -1.26. The SMILES string of the molecule is Cc1ccccc1N1CC(C(=O)O)CCC1=O. The molecule has 1 N–H and O–H groups in total. The van der Waals surface area contributed by atoms with E-state index in [1.807, 2.05) is 31.2 Å². The number of aryl methyl sites for hydroxylation is 1. The molecule has 1 unspecified atom stereocenters. The smallest absolute Gasteiger partial charge is 0.308 e. The number of anilines is 1. The number of carbonyl (C=O) groups excluding carboxylic acids is 1. The lowest BCUT2D eigenvalue weighted by atomic mass is 9.96. The highest BCUT2D eigenvalue weighted by atomic mass is 16.4. The maximum Gasteiger partial charge on any atom is 0.308 e. The number of hydrogen-bond acceptors (Lipinski definition) is 2. The van der Waals surface area contributed by atoms with Gasteiger partial charge in [0.15, 0.2) is 0 Å². The van der Waals surface area contributed by atoms with Gasteiger partial charge in [-0.15, -0.1) is 0 Å². The van der Waals surface area contributed by atoms with Crippen LogP contribution in [0.25, 0.3) is 0 Å². The molecule has 1 saturated heterocycles. The summed E-state index contributed by atoms with van der Waals surface area (Å²) in [6.07, 6.45) is 0.752. The Labute approximate surface area is 99.9 Å². The number of carboxylic acid groups (broad SMARTS) is 1. The highest BCUT2D eigenvalue weighted by Crippen LogP contribution is 2.26. The lowest BCUT2D eigenvalue weighted by Crippen LogP contribution is -2.42. The normalized spacial score (nSPS) is 20.4. The second kappa shape index (κ2) is 4.57. The van der Waals surface area contributed by atoms with E-state index in [-0.39, 0.29) is 12.5 Å². The van der Waals surface area contributed by atoms with Crippen LogP contribution in [0.1, 0.15) is 18.4 Å². The van der Waals surface area contributed by atoms with Crippen LogP contribution in [0.3, 0.4) is 0 Å². The molecule has 1 aliphatic heterocycles. The van der Waals surface area contributed by atoms with Crippen LogP contribution < -0.4 is 4.90 Å². The van der Waals surface area contributed by atoms with E-state index in [0.29, 0.717) is 12.8 Å². The molecule has 4 heteroatoms. The first-order chi connectivity index (χ1) is 8.09. The van der Waals surface area contributed by atoms with Gasteiger partial charge in [0.05, 0.1) is 5.92 Å². The third-order valence-corrected chi connectivity index (χ3v) is 3.17. The number of piperidine rings is 1. The molecule has 0 aromatic heterocycles. The Bertz CT molecular complexity index is 456. The van der Waals surface area contributed by atoms with Crippen molar-refractivity contribution in [1.29, 1.82) is 0 Å². The Morgan fingerprint density at radius 2 is 2.12 bits per heavy atom. The van der Waals surface area contributed by atoms with Gasteiger partial charge in [-0.3, -0.25) is 9.59 Å².